The molecular formula is C19H23N5O3. The molecule has 1 amide bonds. The molecule has 3 rings (SSSR count). The van der Waals surface area contributed by atoms with Crippen LogP contribution in [0.15, 0.2) is 42.6 Å². The molecule has 0 aliphatic carbocycles. The predicted octanol–water partition coefficient (Wildman–Crippen LogP) is 2.71. The fourth-order valence-electron chi connectivity index (χ4n) is 3.07. The first kappa shape index (κ1) is 18.6. The number of anilines is 2. The first-order valence-corrected chi connectivity index (χ1v) is 9.07. The zero-order chi connectivity index (χ0) is 19.1. The number of benzene rings is 1. The highest BCUT2D eigenvalue weighted by Gasteiger charge is 2.14. The van der Waals surface area contributed by atoms with E-state index >= 15 is 0 Å². The maximum atomic E-state index is 12.1. The zero-order valence-electron chi connectivity index (χ0n) is 15.1. The Hall–Kier alpha value is -3.16. The molecule has 0 atom stereocenters. The van der Waals surface area contributed by atoms with Gasteiger partial charge in [0.1, 0.15) is 11.5 Å². The van der Waals surface area contributed by atoms with Gasteiger partial charge >= 0.3 is 0 Å². The van der Waals surface area contributed by atoms with E-state index in [2.05, 4.69) is 20.5 Å². The third kappa shape index (κ3) is 5.16. The molecular weight excluding hydrogens is 346 g/mol. The van der Waals surface area contributed by atoms with Crippen molar-refractivity contribution in [3.05, 3.63) is 58.3 Å². The Morgan fingerprint density at radius 3 is 2.78 bits per heavy atom. The summed E-state index contributed by atoms with van der Waals surface area (Å²) in [5.41, 5.74) is 1.43. The van der Waals surface area contributed by atoms with E-state index in [0.29, 0.717) is 18.8 Å². The molecule has 0 saturated carbocycles. The number of carbonyl (C=O) groups excluding carboxylic acids is 1. The molecule has 1 aromatic heterocycles. The van der Waals surface area contributed by atoms with Crippen molar-refractivity contribution in [2.24, 2.45) is 0 Å². The summed E-state index contributed by atoms with van der Waals surface area (Å²) < 4.78 is 0. The highest BCUT2D eigenvalue weighted by molar-refractivity contribution is 5.76. The molecule has 8 nitrogen and oxygen atoms in total. The quantitative estimate of drug-likeness (QED) is 0.548. The van der Waals surface area contributed by atoms with Crippen molar-refractivity contribution in [3.8, 4) is 0 Å². The lowest BCUT2D eigenvalue weighted by molar-refractivity contribution is -0.384. The Balaban J connectivity index is 1.45. The van der Waals surface area contributed by atoms with Crippen LogP contribution in [0.1, 0.15) is 24.8 Å². The van der Waals surface area contributed by atoms with Crippen LogP contribution < -0.4 is 15.5 Å². The number of rotatable bonds is 8. The van der Waals surface area contributed by atoms with Gasteiger partial charge in [-0.2, -0.15) is 0 Å². The van der Waals surface area contributed by atoms with E-state index in [1.807, 2.05) is 12.1 Å². The Kier molecular flexibility index (Phi) is 6.19. The van der Waals surface area contributed by atoms with E-state index in [9.17, 15) is 14.9 Å². The molecule has 0 radical (unpaired) electrons. The average molecular weight is 369 g/mol. The van der Waals surface area contributed by atoms with Gasteiger partial charge in [0.15, 0.2) is 0 Å². The summed E-state index contributed by atoms with van der Waals surface area (Å²) in [4.78, 5) is 29.2. The summed E-state index contributed by atoms with van der Waals surface area (Å²) in [6.45, 7) is 2.82. The van der Waals surface area contributed by atoms with Gasteiger partial charge in [-0.25, -0.2) is 4.98 Å². The maximum absolute atomic E-state index is 12.1. The van der Waals surface area contributed by atoms with E-state index in [0.717, 1.165) is 24.5 Å². The van der Waals surface area contributed by atoms with Crippen LogP contribution in [0.5, 0.6) is 0 Å². The van der Waals surface area contributed by atoms with Crippen LogP contribution in [0.4, 0.5) is 17.2 Å². The second-order valence-corrected chi connectivity index (χ2v) is 6.44. The monoisotopic (exact) mass is 369 g/mol. The summed E-state index contributed by atoms with van der Waals surface area (Å²) in [6, 6.07) is 10.3. The van der Waals surface area contributed by atoms with Gasteiger partial charge in [0.05, 0.1) is 4.92 Å². The van der Waals surface area contributed by atoms with E-state index in [4.69, 9.17) is 0 Å². The minimum atomic E-state index is -0.441. The fraction of sp³-hybridized carbons (Fsp3) is 0.368. The number of hydrogen-bond acceptors (Lipinski definition) is 6. The van der Waals surface area contributed by atoms with Gasteiger partial charge in [-0.05, 0) is 36.6 Å². The third-order valence-corrected chi connectivity index (χ3v) is 4.50. The molecule has 0 spiro atoms. The Bertz CT molecular complexity index is 805. The zero-order valence-corrected chi connectivity index (χ0v) is 15.1. The summed E-state index contributed by atoms with van der Waals surface area (Å²) in [6.07, 6.45) is 4.38. The van der Waals surface area contributed by atoms with Crippen LogP contribution >= 0.6 is 0 Å². The number of aromatic nitrogens is 1. The smallest absolute Gasteiger partial charge is 0.292 e. The molecule has 142 valence electrons. The fourth-order valence-corrected chi connectivity index (χ4v) is 3.07. The minimum Gasteiger partial charge on any atom is -0.379 e. The van der Waals surface area contributed by atoms with Crippen molar-refractivity contribution < 1.29 is 9.72 Å². The molecule has 0 unspecified atom stereocenters. The Labute approximate surface area is 157 Å². The minimum absolute atomic E-state index is 0.00383. The number of nitro benzene ring substituents is 1. The van der Waals surface area contributed by atoms with Gasteiger partial charge in [-0.1, -0.05) is 12.1 Å². The van der Waals surface area contributed by atoms with Crippen LogP contribution in [0.3, 0.4) is 0 Å². The lowest BCUT2D eigenvalue weighted by Gasteiger charge is -2.17. The second-order valence-electron chi connectivity index (χ2n) is 6.44. The molecule has 8 heteroatoms. The van der Waals surface area contributed by atoms with Crippen LogP contribution in [-0.4, -0.2) is 35.4 Å². The van der Waals surface area contributed by atoms with Crippen LogP contribution in [0.2, 0.25) is 0 Å². The summed E-state index contributed by atoms with van der Waals surface area (Å²) in [7, 11) is 0. The summed E-state index contributed by atoms with van der Waals surface area (Å²) in [5, 5.41) is 16.8. The number of nitro groups is 1. The highest BCUT2D eigenvalue weighted by atomic mass is 16.6. The lowest BCUT2D eigenvalue weighted by atomic mass is 10.2. The van der Waals surface area contributed by atoms with Crippen LogP contribution in [-0.2, 0) is 11.3 Å². The largest absolute Gasteiger partial charge is 0.379 e. The third-order valence-electron chi connectivity index (χ3n) is 4.50. The second kappa shape index (κ2) is 8.98. The predicted molar refractivity (Wildman–Crippen MR) is 104 cm³/mol. The number of hydrogen-bond donors (Lipinski definition) is 2. The topological polar surface area (TPSA) is 100 Å². The molecule has 0 bridgehead atoms. The number of carbonyl (C=O) groups is 1. The van der Waals surface area contributed by atoms with Gasteiger partial charge in [0.2, 0.25) is 5.91 Å². The van der Waals surface area contributed by atoms with Crippen molar-refractivity contribution in [1.82, 2.24) is 10.3 Å². The summed E-state index contributed by atoms with van der Waals surface area (Å²) in [5.74, 6) is 0.845. The molecule has 1 saturated heterocycles. The van der Waals surface area contributed by atoms with Gasteiger partial charge < -0.3 is 15.5 Å². The molecule has 27 heavy (non-hydrogen) atoms. The highest BCUT2D eigenvalue weighted by Crippen LogP contribution is 2.23. The molecule has 2 aromatic rings. The van der Waals surface area contributed by atoms with Crippen molar-refractivity contribution in [2.75, 3.05) is 29.9 Å². The SMILES string of the molecule is O=C(CCNc1ccccc1[N+](=O)[O-])NCc1ccnc(N2CCCC2)c1. The van der Waals surface area contributed by atoms with Crippen LogP contribution in [0, 0.1) is 10.1 Å². The van der Waals surface area contributed by atoms with Gasteiger partial charge in [0.25, 0.3) is 5.69 Å². The first-order valence-electron chi connectivity index (χ1n) is 9.07. The van der Waals surface area contributed by atoms with Gasteiger partial charge in [0, 0.05) is 44.9 Å². The summed E-state index contributed by atoms with van der Waals surface area (Å²) >= 11 is 0. The Morgan fingerprint density at radius 1 is 1.22 bits per heavy atom. The van der Waals surface area contributed by atoms with Crippen molar-refractivity contribution in [1.29, 1.82) is 0 Å². The molecule has 1 aromatic carbocycles. The van der Waals surface area contributed by atoms with Crippen molar-refractivity contribution >= 4 is 23.1 Å². The molecule has 2 heterocycles. The number of para-hydroxylation sites is 2. The van der Waals surface area contributed by atoms with E-state index in [1.54, 1.807) is 24.4 Å². The average Bonchev–Trinajstić information content (AvgIpc) is 3.22. The number of amides is 1. The van der Waals surface area contributed by atoms with Crippen LogP contribution in [0.25, 0.3) is 0 Å². The van der Waals surface area contributed by atoms with Gasteiger partial charge in [-0.3, -0.25) is 14.9 Å². The van der Waals surface area contributed by atoms with Crippen molar-refractivity contribution in [2.45, 2.75) is 25.8 Å². The molecule has 1 aliphatic rings. The van der Waals surface area contributed by atoms with E-state index in [-0.39, 0.29) is 18.0 Å². The number of pyridine rings is 1. The standard InChI is InChI=1S/C19H23N5O3/c25-19(8-10-20-16-5-1-2-6-17(16)24(26)27)22-14-15-7-9-21-18(13-15)23-11-3-4-12-23/h1-2,5-7,9,13,20H,3-4,8,10-12,14H2,(H,22,25). The molecule has 1 aliphatic heterocycles. The first-order chi connectivity index (χ1) is 13.1. The lowest BCUT2D eigenvalue weighted by Crippen LogP contribution is -2.25. The van der Waals surface area contributed by atoms with Crippen molar-refractivity contribution in [3.63, 3.8) is 0 Å². The normalized spacial score (nSPS) is 13.4. The van der Waals surface area contributed by atoms with E-state index in [1.165, 1.54) is 18.9 Å². The van der Waals surface area contributed by atoms with Gasteiger partial charge in [-0.15, -0.1) is 0 Å². The van der Waals surface area contributed by atoms with E-state index < -0.39 is 4.92 Å². The number of nitrogens with one attached hydrogen (secondary N) is 2. The number of nitrogens with zero attached hydrogens (tertiary/aromatic N) is 3. The molecule has 2 N–H and O–H groups in total. The Morgan fingerprint density at radius 2 is 2.00 bits per heavy atom. The maximum Gasteiger partial charge on any atom is 0.292 e. The molecule has 1 fully saturated rings.